The molecule has 1 N–H and O–H groups in total. The van der Waals surface area contributed by atoms with E-state index in [0.29, 0.717) is 46.8 Å². The van der Waals surface area contributed by atoms with E-state index in [9.17, 15) is 13.2 Å². The Kier molecular flexibility index (Phi) is 6.59. The van der Waals surface area contributed by atoms with E-state index in [1.54, 1.807) is 25.6 Å². The van der Waals surface area contributed by atoms with Crippen LogP contribution in [0.4, 0.5) is 19.0 Å². The summed E-state index contributed by atoms with van der Waals surface area (Å²) in [6.07, 6.45) is 1.79. The molecule has 1 aliphatic rings. The van der Waals surface area contributed by atoms with Crippen molar-refractivity contribution in [3.8, 4) is 28.7 Å². The van der Waals surface area contributed by atoms with E-state index in [0.717, 1.165) is 35.8 Å². The summed E-state index contributed by atoms with van der Waals surface area (Å²) in [6.45, 7) is 4.05. The number of halogens is 3. The number of methoxy groups -OCH3 is 1. The lowest BCUT2D eigenvalue weighted by molar-refractivity contribution is -0.140. The molecule has 0 bridgehead atoms. The lowest BCUT2D eigenvalue weighted by Crippen LogP contribution is -2.08. The molecule has 10 nitrogen and oxygen atoms in total. The average molecular weight is 564 g/mol. The van der Waals surface area contributed by atoms with Crippen molar-refractivity contribution >= 4 is 17.0 Å². The minimum atomic E-state index is -4.51. The molecule has 5 aromatic rings. The fourth-order valence-electron chi connectivity index (χ4n) is 4.80. The Hall–Kier alpha value is -4.55. The Morgan fingerprint density at radius 3 is 2.46 bits per heavy atom. The molecular weight excluding hydrogens is 535 g/mol. The fourth-order valence-corrected chi connectivity index (χ4v) is 4.80. The highest BCUT2D eigenvalue weighted by Crippen LogP contribution is 2.45. The van der Waals surface area contributed by atoms with Crippen molar-refractivity contribution in [3.63, 3.8) is 0 Å². The first-order valence-corrected chi connectivity index (χ1v) is 13.2. The summed E-state index contributed by atoms with van der Waals surface area (Å²) in [6, 6.07) is 7.08. The van der Waals surface area contributed by atoms with Gasteiger partial charge in [0.05, 0.1) is 19.1 Å². The SMILES string of the molecule is COc1ncnc(C2CC2)c1-c1nc(NCc2ccc(-c3nc(C(F)(F)F)cn3C(C)C)cc2)c2c(ncn2C)n1. The largest absolute Gasteiger partial charge is 0.480 e. The summed E-state index contributed by atoms with van der Waals surface area (Å²) < 4.78 is 48.9. The zero-order valence-electron chi connectivity index (χ0n) is 22.9. The topological polar surface area (TPSA) is 108 Å². The molecule has 4 heterocycles. The van der Waals surface area contributed by atoms with Crippen LogP contribution in [0.2, 0.25) is 0 Å². The first kappa shape index (κ1) is 26.7. The molecule has 0 spiro atoms. The van der Waals surface area contributed by atoms with Crippen molar-refractivity contribution in [1.82, 2.24) is 39.0 Å². The molecule has 13 heteroatoms. The van der Waals surface area contributed by atoms with Gasteiger partial charge in [0.15, 0.2) is 23.0 Å². The molecular formula is C28H28F3N9O. The molecule has 1 fully saturated rings. The highest BCUT2D eigenvalue weighted by atomic mass is 19.4. The molecule has 0 saturated heterocycles. The van der Waals surface area contributed by atoms with Gasteiger partial charge in [-0.2, -0.15) is 13.2 Å². The summed E-state index contributed by atoms with van der Waals surface area (Å²) in [5.74, 6) is 2.00. The van der Waals surface area contributed by atoms with Gasteiger partial charge >= 0.3 is 6.18 Å². The van der Waals surface area contributed by atoms with Crippen molar-refractivity contribution in [1.29, 1.82) is 0 Å². The zero-order chi connectivity index (χ0) is 28.9. The number of alkyl halides is 3. The van der Waals surface area contributed by atoms with Crippen molar-refractivity contribution in [2.45, 2.75) is 51.4 Å². The first-order chi connectivity index (χ1) is 19.6. The number of nitrogens with zero attached hydrogens (tertiary/aromatic N) is 8. The number of nitrogens with one attached hydrogen (secondary N) is 1. The van der Waals surface area contributed by atoms with Crippen LogP contribution in [-0.2, 0) is 19.8 Å². The second-order valence-electron chi connectivity index (χ2n) is 10.3. The minimum absolute atomic E-state index is 0.183. The molecule has 1 aliphatic carbocycles. The summed E-state index contributed by atoms with van der Waals surface area (Å²) in [4.78, 5) is 26.7. The maximum absolute atomic E-state index is 13.3. The van der Waals surface area contributed by atoms with Crippen molar-refractivity contribution in [2.75, 3.05) is 12.4 Å². The Balaban J connectivity index is 1.31. The van der Waals surface area contributed by atoms with Gasteiger partial charge < -0.3 is 19.2 Å². The Labute approximate surface area is 233 Å². The maximum atomic E-state index is 13.3. The van der Waals surface area contributed by atoms with Crippen molar-refractivity contribution in [3.05, 3.63) is 60.1 Å². The van der Waals surface area contributed by atoms with Crippen LogP contribution in [0, 0.1) is 0 Å². The quantitative estimate of drug-likeness (QED) is 0.253. The third-order valence-corrected chi connectivity index (χ3v) is 7.05. The fraction of sp³-hybridized carbons (Fsp3) is 0.357. The van der Waals surface area contributed by atoms with E-state index in [1.165, 1.54) is 10.9 Å². The van der Waals surface area contributed by atoms with Gasteiger partial charge in [0.2, 0.25) is 5.88 Å². The number of hydrogen-bond donors (Lipinski definition) is 1. The molecule has 41 heavy (non-hydrogen) atoms. The summed E-state index contributed by atoms with van der Waals surface area (Å²) in [5.41, 5.74) is 3.37. The summed E-state index contributed by atoms with van der Waals surface area (Å²) in [5, 5.41) is 3.39. The highest BCUT2D eigenvalue weighted by Gasteiger charge is 2.35. The van der Waals surface area contributed by atoms with Crippen LogP contribution in [0.3, 0.4) is 0 Å². The van der Waals surface area contributed by atoms with E-state index in [2.05, 4.69) is 25.3 Å². The number of fused-ring (bicyclic) bond motifs is 1. The van der Waals surface area contributed by atoms with E-state index >= 15 is 0 Å². The predicted octanol–water partition coefficient (Wildman–Crippen LogP) is 5.78. The molecule has 0 aliphatic heterocycles. The number of anilines is 1. The summed E-state index contributed by atoms with van der Waals surface area (Å²) in [7, 11) is 3.42. The van der Waals surface area contributed by atoms with Crippen molar-refractivity contribution in [2.24, 2.45) is 7.05 Å². The standard InChI is InChI=1S/C28H28F3N9O/c1-15(2)40-12-19(28(29,30)31)36-26(40)18-7-5-16(6-8-18)11-32-24-22-25(35-14-39(22)3)38-23(37-24)20-21(17-9-10-17)33-13-34-27(20)41-4/h5-8,12-15,17H,9-11H2,1-4H3,(H,32,37,38). The Morgan fingerprint density at radius 2 is 1.80 bits per heavy atom. The number of benzene rings is 1. The van der Waals surface area contributed by atoms with Crippen LogP contribution in [0.1, 0.15) is 55.6 Å². The third kappa shape index (κ3) is 5.07. The average Bonchev–Trinajstić information content (AvgIpc) is 3.58. The van der Waals surface area contributed by atoms with Crippen LogP contribution in [0.15, 0.2) is 43.1 Å². The second-order valence-corrected chi connectivity index (χ2v) is 10.3. The number of hydrogen-bond acceptors (Lipinski definition) is 8. The van der Waals surface area contributed by atoms with Crippen LogP contribution in [0.5, 0.6) is 5.88 Å². The first-order valence-electron chi connectivity index (χ1n) is 13.2. The monoisotopic (exact) mass is 563 g/mol. The van der Waals surface area contributed by atoms with Gasteiger partial charge in [0.1, 0.15) is 23.2 Å². The van der Waals surface area contributed by atoms with Gasteiger partial charge in [-0.1, -0.05) is 24.3 Å². The smallest absolute Gasteiger partial charge is 0.434 e. The van der Waals surface area contributed by atoms with E-state index in [-0.39, 0.29) is 11.9 Å². The molecule has 0 atom stereocenters. The predicted molar refractivity (Wildman–Crippen MR) is 146 cm³/mol. The number of aryl methyl sites for hydroxylation is 1. The van der Waals surface area contributed by atoms with E-state index < -0.39 is 11.9 Å². The number of aromatic nitrogens is 8. The Morgan fingerprint density at radius 1 is 1.05 bits per heavy atom. The van der Waals surface area contributed by atoms with Gasteiger partial charge in [0, 0.05) is 37.3 Å². The Bertz CT molecular complexity index is 1720. The highest BCUT2D eigenvalue weighted by molar-refractivity contribution is 5.86. The number of imidazole rings is 2. The summed E-state index contributed by atoms with van der Waals surface area (Å²) >= 11 is 0. The molecule has 1 aromatic carbocycles. The third-order valence-electron chi connectivity index (χ3n) is 7.05. The number of ether oxygens (including phenoxy) is 1. The molecule has 4 aromatic heterocycles. The van der Waals surface area contributed by atoms with Gasteiger partial charge in [0.25, 0.3) is 0 Å². The van der Waals surface area contributed by atoms with Crippen molar-refractivity contribution < 1.29 is 17.9 Å². The molecule has 6 rings (SSSR count). The van der Waals surface area contributed by atoms with Gasteiger partial charge in [-0.3, -0.25) is 0 Å². The van der Waals surface area contributed by atoms with Crippen LogP contribution in [-0.4, -0.2) is 46.1 Å². The van der Waals surface area contributed by atoms with E-state index in [1.807, 2.05) is 37.6 Å². The van der Waals surface area contributed by atoms with Crippen LogP contribution >= 0.6 is 0 Å². The van der Waals surface area contributed by atoms with Crippen LogP contribution < -0.4 is 10.1 Å². The minimum Gasteiger partial charge on any atom is -0.480 e. The second kappa shape index (κ2) is 10.1. The molecule has 212 valence electrons. The lowest BCUT2D eigenvalue weighted by atomic mass is 10.1. The molecule has 0 radical (unpaired) electrons. The molecule has 1 saturated carbocycles. The van der Waals surface area contributed by atoms with Crippen LogP contribution in [0.25, 0.3) is 33.9 Å². The molecule has 0 amide bonds. The van der Waals surface area contributed by atoms with Gasteiger partial charge in [-0.25, -0.2) is 29.9 Å². The van der Waals surface area contributed by atoms with E-state index in [4.69, 9.17) is 14.7 Å². The number of rotatable bonds is 8. The maximum Gasteiger partial charge on any atom is 0.434 e. The molecule has 0 unspecified atom stereocenters. The van der Waals surface area contributed by atoms with Gasteiger partial charge in [-0.15, -0.1) is 0 Å². The van der Waals surface area contributed by atoms with Gasteiger partial charge in [-0.05, 0) is 32.3 Å². The normalized spacial score (nSPS) is 13.8. The zero-order valence-corrected chi connectivity index (χ0v) is 22.9. The lowest BCUT2D eigenvalue weighted by Gasteiger charge is -2.14.